The maximum absolute atomic E-state index is 11.2. The van der Waals surface area contributed by atoms with Gasteiger partial charge in [-0.25, -0.2) is 0 Å². The minimum absolute atomic E-state index is 0.0454. The van der Waals surface area contributed by atoms with Crippen molar-refractivity contribution in [1.29, 1.82) is 0 Å². The Balaban J connectivity index is 2.62. The van der Waals surface area contributed by atoms with Crippen molar-refractivity contribution in [3.05, 3.63) is 0 Å². The van der Waals surface area contributed by atoms with Crippen LogP contribution in [0.1, 0.15) is 13.8 Å². The highest BCUT2D eigenvalue weighted by atomic mass is 79.9. The molecule has 1 rings (SSSR count). The highest BCUT2D eigenvalue weighted by Gasteiger charge is 2.33. The second kappa shape index (κ2) is 4.00. The molecule has 0 aliphatic carbocycles. The van der Waals surface area contributed by atoms with Gasteiger partial charge in [0, 0.05) is 11.9 Å². The first-order valence-electron chi connectivity index (χ1n) is 3.99. The zero-order valence-corrected chi connectivity index (χ0v) is 10.1. The quantitative estimate of drug-likeness (QED) is 0.734. The fourth-order valence-corrected chi connectivity index (χ4v) is 1.91. The number of amides is 2. The lowest BCUT2D eigenvalue weighted by Crippen LogP contribution is -2.38. The van der Waals surface area contributed by atoms with E-state index >= 15 is 0 Å². The highest BCUT2D eigenvalue weighted by molar-refractivity contribution is 9.09. The number of rotatable bonds is 3. The summed E-state index contributed by atoms with van der Waals surface area (Å²) in [5.74, 6) is 0.237. The van der Waals surface area contributed by atoms with Crippen LogP contribution in [0.4, 0.5) is 4.79 Å². The lowest BCUT2D eigenvalue weighted by molar-refractivity contribution is -0.125. The standard InChI is InChI=1S/C8H12BrNO2S/c1-8(2,4-9)5-10-6(11)3-13-7(10)12/h3-5H2,1-2H3. The first kappa shape index (κ1) is 11.0. The molecule has 0 bridgehead atoms. The summed E-state index contributed by atoms with van der Waals surface area (Å²) in [6, 6.07) is 0. The van der Waals surface area contributed by atoms with Crippen molar-refractivity contribution in [2.24, 2.45) is 5.41 Å². The molecular weight excluding hydrogens is 254 g/mol. The van der Waals surface area contributed by atoms with E-state index in [0.717, 1.165) is 17.1 Å². The molecule has 0 aromatic rings. The second-order valence-electron chi connectivity index (χ2n) is 3.83. The Morgan fingerprint density at radius 3 is 2.54 bits per heavy atom. The summed E-state index contributed by atoms with van der Waals surface area (Å²) in [5, 5.41) is 0.667. The fourth-order valence-electron chi connectivity index (χ4n) is 1.00. The van der Waals surface area contributed by atoms with Crippen LogP contribution < -0.4 is 0 Å². The zero-order valence-electron chi connectivity index (χ0n) is 7.67. The van der Waals surface area contributed by atoms with Crippen LogP contribution in [0.15, 0.2) is 0 Å². The Hall–Kier alpha value is -0.0300. The second-order valence-corrected chi connectivity index (χ2v) is 5.32. The van der Waals surface area contributed by atoms with Gasteiger partial charge >= 0.3 is 0 Å². The lowest BCUT2D eigenvalue weighted by atomic mass is 9.96. The Morgan fingerprint density at radius 1 is 1.54 bits per heavy atom. The molecule has 3 nitrogen and oxygen atoms in total. The largest absolute Gasteiger partial charge is 0.288 e. The van der Waals surface area contributed by atoms with Crippen molar-refractivity contribution >= 4 is 38.8 Å². The first-order valence-corrected chi connectivity index (χ1v) is 6.10. The van der Waals surface area contributed by atoms with Gasteiger partial charge in [-0.2, -0.15) is 0 Å². The average molecular weight is 266 g/mol. The molecule has 1 heterocycles. The number of nitrogens with zero attached hydrogens (tertiary/aromatic N) is 1. The molecule has 2 amide bonds. The number of carbonyl (C=O) groups is 2. The molecular formula is C8H12BrNO2S. The van der Waals surface area contributed by atoms with E-state index in [9.17, 15) is 9.59 Å². The first-order chi connectivity index (χ1) is 5.96. The van der Waals surface area contributed by atoms with Crippen LogP contribution in [-0.2, 0) is 4.79 Å². The molecule has 1 aliphatic rings. The van der Waals surface area contributed by atoms with E-state index < -0.39 is 0 Å². The summed E-state index contributed by atoms with van der Waals surface area (Å²) < 4.78 is 0. The molecule has 1 aliphatic heterocycles. The summed E-state index contributed by atoms with van der Waals surface area (Å²) in [7, 11) is 0. The van der Waals surface area contributed by atoms with E-state index in [4.69, 9.17) is 0 Å². The number of alkyl halides is 1. The van der Waals surface area contributed by atoms with Gasteiger partial charge < -0.3 is 0 Å². The third-order valence-corrected chi connectivity index (χ3v) is 4.17. The SMILES string of the molecule is CC(C)(CBr)CN1C(=O)CSC1=O. The van der Waals surface area contributed by atoms with Gasteiger partial charge in [-0.15, -0.1) is 0 Å². The van der Waals surface area contributed by atoms with Crippen LogP contribution in [0.25, 0.3) is 0 Å². The molecule has 0 saturated carbocycles. The molecule has 0 radical (unpaired) electrons. The highest BCUT2D eigenvalue weighted by Crippen LogP contribution is 2.26. The van der Waals surface area contributed by atoms with Crippen molar-refractivity contribution in [2.45, 2.75) is 13.8 Å². The maximum atomic E-state index is 11.2. The number of hydrogen-bond donors (Lipinski definition) is 0. The minimum Gasteiger partial charge on any atom is -0.273 e. The van der Waals surface area contributed by atoms with Gasteiger partial charge in [0.15, 0.2) is 0 Å². The van der Waals surface area contributed by atoms with Crippen LogP contribution in [0, 0.1) is 5.41 Å². The number of hydrogen-bond acceptors (Lipinski definition) is 3. The maximum Gasteiger partial charge on any atom is 0.288 e. The van der Waals surface area contributed by atoms with Crippen LogP contribution in [-0.4, -0.2) is 33.7 Å². The molecule has 13 heavy (non-hydrogen) atoms. The van der Waals surface area contributed by atoms with Crippen LogP contribution in [0.5, 0.6) is 0 Å². The van der Waals surface area contributed by atoms with Gasteiger partial charge in [-0.3, -0.25) is 14.5 Å². The fraction of sp³-hybridized carbons (Fsp3) is 0.750. The topological polar surface area (TPSA) is 37.4 Å². The average Bonchev–Trinajstić information content (AvgIpc) is 2.36. The van der Waals surface area contributed by atoms with Crippen LogP contribution >= 0.6 is 27.7 Å². The van der Waals surface area contributed by atoms with Gasteiger partial charge in [0.2, 0.25) is 5.91 Å². The summed E-state index contributed by atoms with van der Waals surface area (Å²) >= 11 is 4.45. The minimum atomic E-state index is -0.112. The van der Waals surface area contributed by atoms with E-state index in [0.29, 0.717) is 12.3 Å². The monoisotopic (exact) mass is 265 g/mol. The van der Waals surface area contributed by atoms with Crippen LogP contribution in [0.2, 0.25) is 0 Å². The van der Waals surface area contributed by atoms with Gasteiger partial charge in [0.25, 0.3) is 5.24 Å². The molecule has 74 valence electrons. The summed E-state index contributed by atoms with van der Waals surface area (Å²) in [5.41, 5.74) is -0.0454. The third-order valence-electron chi connectivity index (χ3n) is 1.79. The number of halogens is 1. The van der Waals surface area contributed by atoms with Crippen molar-refractivity contribution < 1.29 is 9.59 Å². The Bertz CT molecular complexity index is 226. The van der Waals surface area contributed by atoms with Crippen molar-refractivity contribution in [1.82, 2.24) is 4.90 Å². The zero-order chi connectivity index (χ0) is 10.1. The van der Waals surface area contributed by atoms with Gasteiger partial charge in [-0.05, 0) is 5.41 Å². The van der Waals surface area contributed by atoms with E-state index in [-0.39, 0.29) is 16.6 Å². The normalized spacial score (nSPS) is 18.5. The summed E-state index contributed by atoms with van der Waals surface area (Å²) in [6.45, 7) is 4.54. The van der Waals surface area contributed by atoms with Gasteiger partial charge in [-0.1, -0.05) is 41.5 Å². The van der Waals surface area contributed by atoms with Crippen molar-refractivity contribution in [3.63, 3.8) is 0 Å². The molecule has 0 aromatic heterocycles. The van der Waals surface area contributed by atoms with Crippen molar-refractivity contribution in [2.75, 3.05) is 17.6 Å². The van der Waals surface area contributed by atoms with Crippen LogP contribution in [0.3, 0.4) is 0 Å². The van der Waals surface area contributed by atoms with Crippen molar-refractivity contribution in [3.8, 4) is 0 Å². The number of thioether (sulfide) groups is 1. The molecule has 0 unspecified atom stereocenters. The molecule has 1 fully saturated rings. The Labute approximate surface area is 90.4 Å². The van der Waals surface area contributed by atoms with E-state index in [1.54, 1.807) is 0 Å². The Morgan fingerprint density at radius 2 is 2.15 bits per heavy atom. The molecule has 0 N–H and O–H groups in total. The predicted octanol–water partition coefficient (Wildman–Crippen LogP) is 2.10. The molecule has 0 aromatic carbocycles. The molecule has 1 saturated heterocycles. The van der Waals surface area contributed by atoms with E-state index in [2.05, 4.69) is 15.9 Å². The summed E-state index contributed by atoms with van der Waals surface area (Å²) in [6.07, 6.45) is 0. The lowest BCUT2D eigenvalue weighted by Gasteiger charge is -2.26. The molecule has 0 spiro atoms. The Kier molecular flexibility index (Phi) is 3.40. The third kappa shape index (κ3) is 2.71. The number of imide groups is 1. The predicted molar refractivity (Wildman–Crippen MR) is 57.1 cm³/mol. The van der Waals surface area contributed by atoms with Gasteiger partial charge in [0.1, 0.15) is 0 Å². The van der Waals surface area contributed by atoms with E-state index in [1.807, 2.05) is 13.8 Å². The molecule has 0 atom stereocenters. The van der Waals surface area contributed by atoms with E-state index in [1.165, 1.54) is 4.90 Å². The smallest absolute Gasteiger partial charge is 0.273 e. The summed E-state index contributed by atoms with van der Waals surface area (Å²) in [4.78, 5) is 23.8. The molecule has 5 heteroatoms. The van der Waals surface area contributed by atoms with Gasteiger partial charge in [0.05, 0.1) is 5.75 Å². The number of carbonyl (C=O) groups excluding carboxylic acids is 2.